The van der Waals surface area contributed by atoms with E-state index in [0.29, 0.717) is 11.6 Å². The SMILES string of the molecule is C=C1NC=Cc2cc(-c3cncc(OC)c3)nc(Nc3cccc(SOC)c3)c21.CN. The molecule has 1 aromatic carbocycles. The van der Waals surface area contributed by atoms with Crippen molar-refractivity contribution in [2.75, 3.05) is 26.6 Å². The molecule has 0 fully saturated rings. The molecular formula is C23H25N5O2S. The summed E-state index contributed by atoms with van der Waals surface area (Å²) < 4.78 is 10.5. The van der Waals surface area contributed by atoms with Gasteiger partial charge in [0.25, 0.3) is 0 Å². The highest BCUT2D eigenvalue weighted by molar-refractivity contribution is 7.94. The Kier molecular flexibility index (Phi) is 7.66. The van der Waals surface area contributed by atoms with Crippen molar-refractivity contribution in [2.45, 2.75) is 4.90 Å². The van der Waals surface area contributed by atoms with Crippen molar-refractivity contribution < 1.29 is 8.92 Å². The Labute approximate surface area is 186 Å². The van der Waals surface area contributed by atoms with E-state index >= 15 is 0 Å². The first-order valence-corrected chi connectivity index (χ1v) is 10.2. The largest absolute Gasteiger partial charge is 0.495 e. The van der Waals surface area contributed by atoms with E-state index in [9.17, 15) is 0 Å². The molecule has 7 nitrogen and oxygen atoms in total. The van der Waals surface area contributed by atoms with Crippen LogP contribution in [0.25, 0.3) is 23.0 Å². The smallest absolute Gasteiger partial charge is 0.141 e. The number of rotatable bonds is 6. The third-order valence-electron chi connectivity index (χ3n) is 4.39. The molecule has 1 aliphatic rings. The molecule has 0 radical (unpaired) electrons. The van der Waals surface area contributed by atoms with Gasteiger partial charge in [0.15, 0.2) is 0 Å². The molecule has 0 atom stereocenters. The van der Waals surface area contributed by atoms with Gasteiger partial charge in [-0.1, -0.05) is 12.6 Å². The maximum Gasteiger partial charge on any atom is 0.141 e. The van der Waals surface area contributed by atoms with Gasteiger partial charge in [0, 0.05) is 51.8 Å². The molecule has 2 aromatic heterocycles. The highest BCUT2D eigenvalue weighted by Gasteiger charge is 2.18. The summed E-state index contributed by atoms with van der Waals surface area (Å²) in [4.78, 5) is 10.1. The third kappa shape index (κ3) is 5.24. The summed E-state index contributed by atoms with van der Waals surface area (Å²) in [5.41, 5.74) is 9.81. The number of aromatic nitrogens is 2. The molecule has 0 bridgehead atoms. The normalized spacial score (nSPS) is 11.7. The Morgan fingerprint density at radius 1 is 1.13 bits per heavy atom. The Balaban J connectivity index is 0.00000132. The molecule has 4 rings (SSSR count). The Morgan fingerprint density at radius 2 is 1.97 bits per heavy atom. The minimum atomic E-state index is 0.683. The van der Waals surface area contributed by atoms with Crippen molar-refractivity contribution in [1.29, 1.82) is 0 Å². The number of ether oxygens (including phenoxy) is 1. The van der Waals surface area contributed by atoms with Crippen LogP contribution in [0.4, 0.5) is 11.5 Å². The third-order valence-corrected chi connectivity index (χ3v) is 5.01. The topological polar surface area (TPSA) is 94.3 Å². The van der Waals surface area contributed by atoms with E-state index in [1.807, 2.05) is 48.7 Å². The van der Waals surface area contributed by atoms with Gasteiger partial charge >= 0.3 is 0 Å². The van der Waals surface area contributed by atoms with Crippen LogP contribution in [0, 0.1) is 0 Å². The zero-order chi connectivity index (χ0) is 22.2. The molecule has 4 N–H and O–H groups in total. The van der Waals surface area contributed by atoms with E-state index in [0.717, 1.165) is 38.7 Å². The van der Waals surface area contributed by atoms with Crippen LogP contribution < -0.4 is 21.1 Å². The number of nitrogens with one attached hydrogen (secondary N) is 2. The summed E-state index contributed by atoms with van der Waals surface area (Å²) in [6.45, 7) is 4.14. The summed E-state index contributed by atoms with van der Waals surface area (Å²) in [6, 6.07) is 11.9. The Hall–Kier alpha value is -3.33. The van der Waals surface area contributed by atoms with Gasteiger partial charge in [-0.25, -0.2) is 4.98 Å². The maximum atomic E-state index is 5.31. The molecule has 31 heavy (non-hydrogen) atoms. The Morgan fingerprint density at radius 3 is 2.74 bits per heavy atom. The fraction of sp³-hybridized carbons (Fsp3) is 0.130. The van der Waals surface area contributed by atoms with Gasteiger partial charge in [-0.05, 0) is 49.0 Å². The van der Waals surface area contributed by atoms with Crippen LogP contribution in [0.5, 0.6) is 5.75 Å². The standard InChI is InChI=1S/C22H20N4O2S.CH5N/c1-14-21-15(7-8-24-14)10-20(16-9-18(27-2)13-23-12-16)26-22(21)25-17-5-4-6-19(11-17)29-28-3;1-2/h4-13,24H,1H2,2-3H3,(H,25,26);2H2,1H3. The highest BCUT2D eigenvalue weighted by Crippen LogP contribution is 2.34. The van der Waals surface area contributed by atoms with Crippen molar-refractivity contribution in [3.8, 4) is 17.0 Å². The first-order chi connectivity index (χ1) is 15.2. The second-order valence-corrected chi connectivity index (χ2v) is 7.26. The average Bonchev–Trinajstić information content (AvgIpc) is 2.81. The number of fused-ring (bicyclic) bond motifs is 1. The quantitative estimate of drug-likeness (QED) is 0.481. The molecule has 160 valence electrons. The van der Waals surface area contributed by atoms with E-state index in [4.69, 9.17) is 13.9 Å². The summed E-state index contributed by atoms with van der Waals surface area (Å²) >= 11 is 1.31. The summed E-state index contributed by atoms with van der Waals surface area (Å²) in [5, 5.41) is 6.60. The number of benzene rings is 1. The van der Waals surface area contributed by atoms with Crippen molar-refractivity contribution in [3.63, 3.8) is 0 Å². The fourth-order valence-corrected chi connectivity index (χ4v) is 3.59. The van der Waals surface area contributed by atoms with Crippen molar-refractivity contribution >= 4 is 35.3 Å². The summed E-state index contributed by atoms with van der Waals surface area (Å²) in [7, 11) is 4.77. The molecule has 0 aliphatic carbocycles. The molecular weight excluding hydrogens is 410 g/mol. The predicted octanol–water partition coefficient (Wildman–Crippen LogP) is 4.67. The lowest BCUT2D eigenvalue weighted by Gasteiger charge is -2.20. The van der Waals surface area contributed by atoms with E-state index < -0.39 is 0 Å². The molecule has 8 heteroatoms. The molecule has 0 unspecified atom stereocenters. The van der Waals surface area contributed by atoms with Crippen LogP contribution in [0.15, 0.2) is 66.5 Å². The minimum absolute atomic E-state index is 0.683. The van der Waals surface area contributed by atoms with E-state index in [1.54, 1.807) is 26.6 Å². The molecule has 0 saturated carbocycles. The second-order valence-electron chi connectivity index (χ2n) is 6.29. The van der Waals surface area contributed by atoms with E-state index in [-0.39, 0.29) is 0 Å². The van der Waals surface area contributed by atoms with Crippen LogP contribution in [0.3, 0.4) is 0 Å². The fourth-order valence-electron chi connectivity index (χ4n) is 3.09. The van der Waals surface area contributed by atoms with Gasteiger partial charge in [0.05, 0.1) is 26.1 Å². The number of hydrogen-bond donors (Lipinski definition) is 3. The first-order valence-electron chi connectivity index (χ1n) is 9.50. The highest BCUT2D eigenvalue weighted by atomic mass is 32.2. The van der Waals surface area contributed by atoms with Gasteiger partial charge in [-0.15, -0.1) is 0 Å². The number of nitrogens with zero attached hydrogens (tertiary/aromatic N) is 2. The number of anilines is 2. The number of nitrogens with two attached hydrogens (primary N) is 1. The van der Waals surface area contributed by atoms with Crippen LogP contribution in [-0.2, 0) is 4.18 Å². The Bertz CT molecular complexity index is 1100. The van der Waals surface area contributed by atoms with Crippen LogP contribution in [0.2, 0.25) is 0 Å². The number of hydrogen-bond acceptors (Lipinski definition) is 8. The van der Waals surface area contributed by atoms with Crippen molar-refractivity contribution in [1.82, 2.24) is 15.3 Å². The lowest BCUT2D eigenvalue weighted by atomic mass is 10.0. The van der Waals surface area contributed by atoms with Crippen LogP contribution in [0.1, 0.15) is 11.1 Å². The molecule has 0 saturated heterocycles. The molecule has 3 aromatic rings. The molecule has 1 aliphatic heterocycles. The monoisotopic (exact) mass is 435 g/mol. The molecule has 0 spiro atoms. The minimum Gasteiger partial charge on any atom is -0.495 e. The van der Waals surface area contributed by atoms with Crippen LogP contribution >= 0.6 is 12.0 Å². The maximum absolute atomic E-state index is 5.31. The van der Waals surface area contributed by atoms with Gasteiger partial charge in [0.1, 0.15) is 11.6 Å². The first kappa shape index (κ1) is 22.4. The number of methoxy groups -OCH3 is 1. The predicted molar refractivity (Wildman–Crippen MR) is 128 cm³/mol. The number of pyridine rings is 2. The van der Waals surface area contributed by atoms with E-state index in [2.05, 4.69) is 27.9 Å². The molecule has 3 heterocycles. The lowest BCUT2D eigenvalue weighted by Crippen LogP contribution is -2.12. The van der Waals surface area contributed by atoms with Gasteiger partial charge < -0.3 is 25.3 Å². The molecule has 0 amide bonds. The van der Waals surface area contributed by atoms with Gasteiger partial charge in [-0.2, -0.15) is 0 Å². The second kappa shape index (κ2) is 10.6. The average molecular weight is 436 g/mol. The summed E-state index contributed by atoms with van der Waals surface area (Å²) in [6.07, 6.45) is 7.32. The van der Waals surface area contributed by atoms with Crippen molar-refractivity contribution in [3.05, 3.63) is 72.7 Å². The van der Waals surface area contributed by atoms with Gasteiger partial charge in [-0.3, -0.25) is 4.98 Å². The van der Waals surface area contributed by atoms with E-state index in [1.165, 1.54) is 19.1 Å². The van der Waals surface area contributed by atoms with Gasteiger partial charge in [0.2, 0.25) is 0 Å². The summed E-state index contributed by atoms with van der Waals surface area (Å²) in [5.74, 6) is 1.39. The zero-order valence-electron chi connectivity index (χ0n) is 17.7. The van der Waals surface area contributed by atoms with Crippen molar-refractivity contribution in [2.24, 2.45) is 5.73 Å². The van der Waals surface area contributed by atoms with Crippen LogP contribution in [-0.4, -0.2) is 31.2 Å². The zero-order valence-corrected chi connectivity index (χ0v) is 18.5. The lowest BCUT2D eigenvalue weighted by molar-refractivity contribution is 0.413.